The Kier molecular flexibility index (Phi) is 5.78. The molecule has 0 atom stereocenters. The van der Waals surface area contributed by atoms with Crippen LogP contribution in [0.25, 0.3) is 0 Å². The molecule has 3 aromatic rings. The molecule has 2 heterocycles. The van der Waals surface area contributed by atoms with E-state index >= 15 is 0 Å². The third-order valence-corrected chi connectivity index (χ3v) is 5.55. The van der Waals surface area contributed by atoms with Crippen molar-refractivity contribution in [2.45, 2.75) is 26.4 Å². The SMILES string of the molecule is Cc1ccccc1NC(=O)Cc1nc(CN(C)Cc2ccc3c(c2)OCO3)cs1. The van der Waals surface area contributed by atoms with Crippen molar-refractivity contribution in [1.82, 2.24) is 9.88 Å². The highest BCUT2D eigenvalue weighted by molar-refractivity contribution is 7.09. The zero-order valence-corrected chi connectivity index (χ0v) is 17.3. The molecule has 0 aliphatic carbocycles. The van der Waals surface area contributed by atoms with E-state index in [4.69, 9.17) is 9.47 Å². The molecule has 2 aromatic carbocycles. The van der Waals surface area contributed by atoms with Crippen molar-refractivity contribution in [3.8, 4) is 11.5 Å². The number of carbonyl (C=O) groups is 1. The summed E-state index contributed by atoms with van der Waals surface area (Å²) in [6.07, 6.45) is 0.283. The first-order valence-electron chi connectivity index (χ1n) is 9.42. The Labute approximate surface area is 174 Å². The van der Waals surface area contributed by atoms with Crippen molar-refractivity contribution in [2.24, 2.45) is 0 Å². The minimum absolute atomic E-state index is 0.0473. The third kappa shape index (κ3) is 4.93. The van der Waals surface area contributed by atoms with E-state index in [1.54, 1.807) is 0 Å². The molecule has 0 bridgehead atoms. The molecule has 0 fully saturated rings. The summed E-state index contributed by atoms with van der Waals surface area (Å²) >= 11 is 1.52. The molecular weight excluding hydrogens is 386 g/mol. The summed E-state index contributed by atoms with van der Waals surface area (Å²) in [6, 6.07) is 13.8. The zero-order chi connectivity index (χ0) is 20.2. The minimum atomic E-state index is -0.0473. The number of benzene rings is 2. The minimum Gasteiger partial charge on any atom is -0.454 e. The highest BCUT2D eigenvalue weighted by Crippen LogP contribution is 2.32. The molecule has 0 saturated heterocycles. The first kappa shape index (κ1) is 19.4. The van der Waals surface area contributed by atoms with Crippen molar-refractivity contribution >= 4 is 22.9 Å². The summed E-state index contributed by atoms with van der Waals surface area (Å²) in [5, 5.41) is 5.80. The monoisotopic (exact) mass is 409 g/mol. The van der Waals surface area contributed by atoms with Crippen LogP contribution in [0.5, 0.6) is 11.5 Å². The van der Waals surface area contributed by atoms with Gasteiger partial charge in [0, 0.05) is 24.2 Å². The van der Waals surface area contributed by atoms with Crippen LogP contribution in [0.2, 0.25) is 0 Å². The zero-order valence-electron chi connectivity index (χ0n) is 16.5. The lowest BCUT2D eigenvalue weighted by Crippen LogP contribution is -2.18. The number of fused-ring (bicyclic) bond motifs is 1. The number of nitrogens with zero attached hydrogens (tertiary/aromatic N) is 2. The van der Waals surface area contributed by atoms with Crippen LogP contribution in [0, 0.1) is 6.92 Å². The molecule has 0 spiro atoms. The van der Waals surface area contributed by atoms with Gasteiger partial charge in [0.15, 0.2) is 11.5 Å². The van der Waals surface area contributed by atoms with Crippen LogP contribution < -0.4 is 14.8 Å². The summed E-state index contributed by atoms with van der Waals surface area (Å²) in [7, 11) is 2.05. The number of nitrogens with one attached hydrogen (secondary N) is 1. The van der Waals surface area contributed by atoms with E-state index in [0.717, 1.165) is 45.6 Å². The summed E-state index contributed by atoms with van der Waals surface area (Å²) in [5.41, 5.74) is 4.02. The van der Waals surface area contributed by atoms with Crippen molar-refractivity contribution in [2.75, 3.05) is 19.2 Å². The van der Waals surface area contributed by atoms with Gasteiger partial charge in [0.2, 0.25) is 12.7 Å². The maximum absolute atomic E-state index is 12.3. The molecule has 7 heteroatoms. The van der Waals surface area contributed by atoms with Crippen LogP contribution in [0.15, 0.2) is 47.8 Å². The number of ether oxygens (including phenoxy) is 2. The molecule has 1 amide bonds. The second kappa shape index (κ2) is 8.63. The van der Waals surface area contributed by atoms with Gasteiger partial charge in [-0.25, -0.2) is 4.98 Å². The average Bonchev–Trinajstić information content (AvgIpc) is 3.32. The van der Waals surface area contributed by atoms with Gasteiger partial charge in [-0.1, -0.05) is 24.3 Å². The van der Waals surface area contributed by atoms with Gasteiger partial charge >= 0.3 is 0 Å². The van der Waals surface area contributed by atoms with Gasteiger partial charge in [-0.3, -0.25) is 9.69 Å². The molecule has 1 aliphatic heterocycles. The van der Waals surface area contributed by atoms with E-state index in [-0.39, 0.29) is 19.1 Å². The molecular formula is C22H23N3O3S. The van der Waals surface area contributed by atoms with Crippen molar-refractivity contribution in [3.63, 3.8) is 0 Å². The van der Waals surface area contributed by atoms with Crippen LogP contribution >= 0.6 is 11.3 Å². The predicted molar refractivity (Wildman–Crippen MR) is 113 cm³/mol. The van der Waals surface area contributed by atoms with Crippen LogP contribution in [-0.2, 0) is 24.3 Å². The van der Waals surface area contributed by atoms with E-state index in [0.29, 0.717) is 6.54 Å². The summed E-state index contributed by atoms with van der Waals surface area (Å²) < 4.78 is 10.8. The standard InChI is InChI=1S/C22H23N3O3S/c1-15-5-3-4-6-18(15)24-21(26)10-22-23-17(13-29-22)12-25(2)11-16-7-8-19-20(9-16)28-14-27-19/h3-9,13H,10-12,14H2,1-2H3,(H,24,26). The molecule has 0 saturated carbocycles. The van der Waals surface area contributed by atoms with Crippen molar-refractivity contribution < 1.29 is 14.3 Å². The fourth-order valence-electron chi connectivity index (χ4n) is 3.23. The molecule has 0 unspecified atom stereocenters. The van der Waals surface area contributed by atoms with E-state index < -0.39 is 0 Å². The molecule has 4 rings (SSSR count). The first-order chi connectivity index (χ1) is 14.1. The Morgan fingerprint density at radius 1 is 1.17 bits per heavy atom. The van der Waals surface area contributed by atoms with Crippen LogP contribution in [-0.4, -0.2) is 29.6 Å². The largest absolute Gasteiger partial charge is 0.454 e. The normalized spacial score (nSPS) is 12.4. The fourth-order valence-corrected chi connectivity index (χ4v) is 4.01. The van der Waals surface area contributed by atoms with E-state index in [1.165, 1.54) is 11.3 Å². The second-order valence-corrected chi connectivity index (χ2v) is 8.08. The Morgan fingerprint density at radius 3 is 2.86 bits per heavy atom. The molecule has 1 aliphatic rings. The van der Waals surface area contributed by atoms with Crippen LogP contribution in [0.1, 0.15) is 21.8 Å². The summed E-state index contributed by atoms with van der Waals surface area (Å²) in [5.74, 6) is 1.55. The lowest BCUT2D eigenvalue weighted by Gasteiger charge is -2.15. The molecule has 1 aromatic heterocycles. The summed E-state index contributed by atoms with van der Waals surface area (Å²) in [4.78, 5) is 19.1. The molecule has 0 radical (unpaired) electrons. The Balaban J connectivity index is 1.30. The van der Waals surface area contributed by atoms with Crippen LogP contribution in [0.3, 0.4) is 0 Å². The number of hydrogen-bond donors (Lipinski definition) is 1. The number of hydrogen-bond acceptors (Lipinski definition) is 6. The van der Waals surface area contributed by atoms with E-state index in [1.807, 2.05) is 54.8 Å². The molecule has 150 valence electrons. The van der Waals surface area contributed by atoms with Gasteiger partial charge in [0.25, 0.3) is 0 Å². The van der Waals surface area contributed by atoms with Gasteiger partial charge in [-0.05, 0) is 43.3 Å². The highest BCUT2D eigenvalue weighted by atomic mass is 32.1. The highest BCUT2D eigenvalue weighted by Gasteiger charge is 2.15. The predicted octanol–water partition coefficient (Wildman–Crippen LogP) is 3.99. The van der Waals surface area contributed by atoms with E-state index in [9.17, 15) is 4.79 Å². The van der Waals surface area contributed by atoms with Gasteiger partial charge in [0.1, 0.15) is 5.01 Å². The van der Waals surface area contributed by atoms with Gasteiger partial charge in [-0.15, -0.1) is 11.3 Å². The number of anilines is 1. The topological polar surface area (TPSA) is 63.7 Å². The maximum atomic E-state index is 12.3. The Bertz CT molecular complexity index is 1020. The number of para-hydroxylation sites is 1. The number of aryl methyl sites for hydroxylation is 1. The Hall–Kier alpha value is -2.90. The van der Waals surface area contributed by atoms with Crippen molar-refractivity contribution in [1.29, 1.82) is 0 Å². The number of rotatable bonds is 7. The van der Waals surface area contributed by atoms with E-state index in [2.05, 4.69) is 22.2 Å². The second-order valence-electron chi connectivity index (χ2n) is 7.13. The first-order valence-corrected chi connectivity index (χ1v) is 10.3. The quantitative estimate of drug-likeness (QED) is 0.639. The van der Waals surface area contributed by atoms with Gasteiger partial charge in [-0.2, -0.15) is 0 Å². The lowest BCUT2D eigenvalue weighted by atomic mass is 10.2. The number of amides is 1. The number of carbonyl (C=O) groups excluding carboxylic acids is 1. The maximum Gasteiger partial charge on any atom is 0.231 e. The van der Waals surface area contributed by atoms with Crippen LogP contribution in [0.4, 0.5) is 5.69 Å². The van der Waals surface area contributed by atoms with Gasteiger partial charge < -0.3 is 14.8 Å². The molecule has 29 heavy (non-hydrogen) atoms. The number of thiazole rings is 1. The summed E-state index contributed by atoms with van der Waals surface area (Å²) in [6.45, 7) is 3.75. The third-order valence-electron chi connectivity index (χ3n) is 4.65. The lowest BCUT2D eigenvalue weighted by molar-refractivity contribution is -0.115. The number of aromatic nitrogens is 1. The molecule has 1 N–H and O–H groups in total. The smallest absolute Gasteiger partial charge is 0.231 e. The molecule has 6 nitrogen and oxygen atoms in total. The fraction of sp³-hybridized carbons (Fsp3) is 0.273. The van der Waals surface area contributed by atoms with Crippen molar-refractivity contribution in [3.05, 3.63) is 69.7 Å². The average molecular weight is 410 g/mol. The van der Waals surface area contributed by atoms with Gasteiger partial charge in [0.05, 0.1) is 12.1 Å². The Morgan fingerprint density at radius 2 is 2.00 bits per heavy atom.